The van der Waals surface area contributed by atoms with E-state index in [1.54, 1.807) is 0 Å². The molecule has 0 radical (unpaired) electrons. The summed E-state index contributed by atoms with van der Waals surface area (Å²) in [6.07, 6.45) is -0.0575. The predicted octanol–water partition coefficient (Wildman–Crippen LogP) is 2.02. The summed E-state index contributed by atoms with van der Waals surface area (Å²) in [5.41, 5.74) is 2.97. The molecular formula is C17H25N3O2. The van der Waals surface area contributed by atoms with E-state index < -0.39 is 6.10 Å². The minimum Gasteiger partial charge on any atom is -0.387 e. The van der Waals surface area contributed by atoms with Crippen molar-refractivity contribution < 1.29 is 9.84 Å². The van der Waals surface area contributed by atoms with Crippen LogP contribution in [-0.2, 0) is 11.8 Å². The second kappa shape index (κ2) is 5.99. The first-order chi connectivity index (χ1) is 10.4. The fourth-order valence-electron chi connectivity index (χ4n) is 3.33. The van der Waals surface area contributed by atoms with Gasteiger partial charge in [-0.2, -0.15) is 0 Å². The summed E-state index contributed by atoms with van der Waals surface area (Å²) < 4.78 is 7.81. The molecule has 1 aromatic heterocycles. The lowest BCUT2D eigenvalue weighted by molar-refractivity contribution is -0.0767. The lowest BCUT2D eigenvalue weighted by Crippen LogP contribution is -2.46. The van der Waals surface area contributed by atoms with Gasteiger partial charge < -0.3 is 14.4 Å². The molecule has 3 atom stereocenters. The fraction of sp³-hybridized carbons (Fsp3) is 0.588. The fourth-order valence-corrected chi connectivity index (χ4v) is 3.33. The SMILES string of the molecule is Cc1nc2cc(C(O)CN3CC(C)OC(C)C3)ccc2n1C. The van der Waals surface area contributed by atoms with Gasteiger partial charge in [-0.05, 0) is 38.5 Å². The highest BCUT2D eigenvalue weighted by molar-refractivity contribution is 5.76. The zero-order valence-electron chi connectivity index (χ0n) is 13.8. The molecule has 0 saturated carbocycles. The van der Waals surface area contributed by atoms with Gasteiger partial charge in [-0.15, -0.1) is 0 Å². The van der Waals surface area contributed by atoms with Crippen LogP contribution in [-0.4, -0.2) is 51.4 Å². The Hall–Kier alpha value is -1.43. The molecule has 3 unspecified atom stereocenters. The molecule has 5 heteroatoms. The molecule has 3 rings (SSSR count). The van der Waals surface area contributed by atoms with E-state index in [4.69, 9.17) is 4.74 Å². The van der Waals surface area contributed by atoms with Crippen LogP contribution in [0.15, 0.2) is 18.2 Å². The predicted molar refractivity (Wildman–Crippen MR) is 86.9 cm³/mol. The topological polar surface area (TPSA) is 50.5 Å². The number of aromatic nitrogens is 2. The maximum Gasteiger partial charge on any atom is 0.106 e. The molecule has 1 fully saturated rings. The Balaban J connectivity index is 1.75. The molecule has 1 N–H and O–H groups in total. The van der Waals surface area contributed by atoms with Crippen LogP contribution in [0, 0.1) is 6.92 Å². The van der Waals surface area contributed by atoms with Crippen LogP contribution in [0.2, 0.25) is 0 Å². The molecule has 0 amide bonds. The molecule has 1 saturated heterocycles. The summed E-state index contributed by atoms with van der Waals surface area (Å²) in [5.74, 6) is 0.984. The standard InChI is InChI=1S/C17H25N3O2/c1-11-8-20(9-12(2)22-11)10-17(21)14-5-6-16-15(7-14)18-13(3)19(16)4/h5-7,11-12,17,21H,8-10H2,1-4H3. The van der Waals surface area contributed by atoms with Gasteiger partial charge in [-0.3, -0.25) is 4.90 Å². The Morgan fingerprint density at radius 2 is 2.00 bits per heavy atom. The average Bonchev–Trinajstić information content (AvgIpc) is 2.72. The van der Waals surface area contributed by atoms with Crippen molar-refractivity contribution in [3.63, 3.8) is 0 Å². The number of fused-ring (bicyclic) bond motifs is 1. The molecule has 0 aliphatic carbocycles. The van der Waals surface area contributed by atoms with Crippen molar-refractivity contribution in [1.29, 1.82) is 0 Å². The number of aliphatic hydroxyl groups is 1. The van der Waals surface area contributed by atoms with Gasteiger partial charge in [-0.1, -0.05) is 6.07 Å². The van der Waals surface area contributed by atoms with E-state index in [9.17, 15) is 5.11 Å². The molecule has 1 aromatic carbocycles. The number of morpholine rings is 1. The van der Waals surface area contributed by atoms with Crippen LogP contribution in [0.25, 0.3) is 11.0 Å². The highest BCUT2D eigenvalue weighted by atomic mass is 16.5. The summed E-state index contributed by atoms with van der Waals surface area (Å²) in [6, 6.07) is 6.04. The summed E-state index contributed by atoms with van der Waals surface area (Å²) in [6.45, 7) is 8.52. The minimum absolute atomic E-state index is 0.219. The lowest BCUT2D eigenvalue weighted by atomic mass is 10.1. The van der Waals surface area contributed by atoms with E-state index in [2.05, 4.69) is 28.3 Å². The summed E-state index contributed by atoms with van der Waals surface area (Å²) >= 11 is 0. The van der Waals surface area contributed by atoms with Crippen LogP contribution in [0.3, 0.4) is 0 Å². The highest BCUT2D eigenvalue weighted by Crippen LogP contribution is 2.22. The molecule has 2 heterocycles. The van der Waals surface area contributed by atoms with E-state index in [0.29, 0.717) is 6.54 Å². The normalized spacial score (nSPS) is 24.8. The number of rotatable bonds is 3. The van der Waals surface area contributed by atoms with Crippen molar-refractivity contribution >= 4 is 11.0 Å². The lowest BCUT2D eigenvalue weighted by Gasteiger charge is -2.36. The number of hydrogen-bond acceptors (Lipinski definition) is 4. The smallest absolute Gasteiger partial charge is 0.106 e. The highest BCUT2D eigenvalue weighted by Gasteiger charge is 2.24. The first kappa shape index (κ1) is 15.5. The van der Waals surface area contributed by atoms with Crippen molar-refractivity contribution in [3.8, 4) is 0 Å². The first-order valence-electron chi connectivity index (χ1n) is 7.93. The number of aryl methyl sites for hydroxylation is 2. The molecule has 0 bridgehead atoms. The van der Waals surface area contributed by atoms with Crippen molar-refractivity contribution in [3.05, 3.63) is 29.6 Å². The molecule has 1 aliphatic rings. The second-order valence-corrected chi connectivity index (χ2v) is 6.46. The quantitative estimate of drug-likeness (QED) is 0.942. The third-order valence-corrected chi connectivity index (χ3v) is 4.44. The molecule has 2 aromatic rings. The minimum atomic E-state index is -0.496. The number of nitrogens with zero attached hydrogens (tertiary/aromatic N) is 3. The van der Waals surface area contributed by atoms with Gasteiger partial charge in [0.2, 0.25) is 0 Å². The zero-order chi connectivity index (χ0) is 15.9. The van der Waals surface area contributed by atoms with E-state index >= 15 is 0 Å². The van der Waals surface area contributed by atoms with Gasteiger partial charge in [0.15, 0.2) is 0 Å². The molecule has 5 nitrogen and oxygen atoms in total. The van der Waals surface area contributed by atoms with Crippen molar-refractivity contribution in [2.45, 2.75) is 39.1 Å². The number of hydrogen-bond donors (Lipinski definition) is 1. The van der Waals surface area contributed by atoms with Crippen molar-refractivity contribution in [2.24, 2.45) is 7.05 Å². The largest absolute Gasteiger partial charge is 0.387 e. The average molecular weight is 303 g/mol. The van der Waals surface area contributed by atoms with Crippen LogP contribution in [0.1, 0.15) is 31.3 Å². The van der Waals surface area contributed by atoms with Crippen molar-refractivity contribution in [2.75, 3.05) is 19.6 Å². The summed E-state index contributed by atoms with van der Waals surface area (Å²) in [7, 11) is 2.01. The number of β-amino-alcohol motifs (C(OH)–C–C–N with tert-alkyl or cyclic N) is 1. The number of ether oxygens (including phenoxy) is 1. The first-order valence-corrected chi connectivity index (χ1v) is 7.93. The Labute approximate surface area is 131 Å². The Morgan fingerprint density at radius 1 is 1.32 bits per heavy atom. The monoisotopic (exact) mass is 303 g/mol. The van der Waals surface area contributed by atoms with E-state index in [0.717, 1.165) is 35.5 Å². The van der Waals surface area contributed by atoms with Gasteiger partial charge in [0.05, 0.1) is 29.3 Å². The Kier molecular flexibility index (Phi) is 4.21. The third kappa shape index (κ3) is 3.02. The number of aliphatic hydroxyl groups excluding tert-OH is 1. The Bertz CT molecular complexity index is 657. The molecule has 22 heavy (non-hydrogen) atoms. The Morgan fingerprint density at radius 3 is 2.68 bits per heavy atom. The number of benzene rings is 1. The maximum atomic E-state index is 10.6. The van der Waals surface area contributed by atoms with E-state index in [1.165, 1.54) is 0 Å². The van der Waals surface area contributed by atoms with Crippen LogP contribution < -0.4 is 0 Å². The molecule has 1 aliphatic heterocycles. The van der Waals surface area contributed by atoms with Gasteiger partial charge in [-0.25, -0.2) is 4.98 Å². The van der Waals surface area contributed by atoms with Crippen LogP contribution >= 0.6 is 0 Å². The maximum absolute atomic E-state index is 10.6. The van der Waals surface area contributed by atoms with Gasteiger partial charge in [0, 0.05) is 26.7 Å². The van der Waals surface area contributed by atoms with Gasteiger partial charge in [0.1, 0.15) is 5.82 Å². The van der Waals surface area contributed by atoms with Crippen LogP contribution in [0.5, 0.6) is 0 Å². The third-order valence-electron chi connectivity index (χ3n) is 4.44. The number of imidazole rings is 1. The van der Waals surface area contributed by atoms with E-state index in [1.807, 2.05) is 32.2 Å². The molecule has 120 valence electrons. The second-order valence-electron chi connectivity index (χ2n) is 6.46. The van der Waals surface area contributed by atoms with Gasteiger partial charge >= 0.3 is 0 Å². The van der Waals surface area contributed by atoms with Crippen molar-refractivity contribution in [1.82, 2.24) is 14.5 Å². The van der Waals surface area contributed by atoms with Gasteiger partial charge in [0.25, 0.3) is 0 Å². The summed E-state index contributed by atoms with van der Waals surface area (Å²) in [4.78, 5) is 6.82. The van der Waals surface area contributed by atoms with E-state index in [-0.39, 0.29) is 12.2 Å². The molecule has 0 spiro atoms. The zero-order valence-corrected chi connectivity index (χ0v) is 13.8. The summed E-state index contributed by atoms with van der Waals surface area (Å²) in [5, 5.41) is 10.6. The van der Waals surface area contributed by atoms with Crippen LogP contribution in [0.4, 0.5) is 0 Å². The molecular weight excluding hydrogens is 278 g/mol.